The second kappa shape index (κ2) is 9.02. The van der Waals surface area contributed by atoms with Crippen molar-refractivity contribution in [2.24, 2.45) is 0 Å². The van der Waals surface area contributed by atoms with Crippen LogP contribution < -0.4 is 9.64 Å². The number of quaternary nitrogens is 1. The van der Waals surface area contributed by atoms with Crippen molar-refractivity contribution in [3.63, 3.8) is 0 Å². The van der Waals surface area contributed by atoms with E-state index in [9.17, 15) is 10.2 Å². The van der Waals surface area contributed by atoms with Crippen molar-refractivity contribution >= 4 is 15.9 Å². The number of likely N-dealkylation sites (tertiary alicyclic amines) is 1. The predicted octanol–water partition coefficient (Wildman–Crippen LogP) is 1.80. The number of aliphatic hydroxyl groups excluding tert-OH is 2. The molecule has 148 valence electrons. The van der Waals surface area contributed by atoms with E-state index in [1.165, 1.54) is 4.90 Å². The van der Waals surface area contributed by atoms with Crippen LogP contribution in [0.25, 0.3) is 0 Å². The SMILES string of the molecule is CC1(C)CC(O)CC(C)(C)[NH+]1C[C@@H](O)COCCOc1ccc(Br)cc1. The third kappa shape index (κ3) is 6.20. The number of ether oxygens (including phenoxy) is 2. The summed E-state index contributed by atoms with van der Waals surface area (Å²) in [6, 6.07) is 7.66. The maximum absolute atomic E-state index is 10.4. The monoisotopic (exact) mass is 430 g/mol. The fourth-order valence-electron chi connectivity index (χ4n) is 4.23. The van der Waals surface area contributed by atoms with E-state index < -0.39 is 6.10 Å². The Morgan fingerprint density at radius 3 is 2.27 bits per heavy atom. The topological polar surface area (TPSA) is 63.4 Å². The molecule has 0 amide bonds. The number of rotatable bonds is 8. The van der Waals surface area contributed by atoms with Crippen LogP contribution in [0.2, 0.25) is 0 Å². The highest BCUT2D eigenvalue weighted by atomic mass is 79.9. The summed E-state index contributed by atoms with van der Waals surface area (Å²) in [7, 11) is 0. The quantitative estimate of drug-likeness (QED) is 0.550. The first-order valence-corrected chi connectivity index (χ1v) is 10.1. The molecule has 1 atom stereocenters. The Bertz CT molecular complexity index is 543. The fraction of sp³-hybridized carbons (Fsp3) is 0.700. The molecule has 5 nitrogen and oxygen atoms in total. The van der Waals surface area contributed by atoms with Gasteiger partial charge >= 0.3 is 0 Å². The largest absolute Gasteiger partial charge is 0.491 e. The molecule has 1 aliphatic rings. The number of hydrogen-bond donors (Lipinski definition) is 3. The maximum Gasteiger partial charge on any atom is 0.126 e. The van der Waals surface area contributed by atoms with Gasteiger partial charge in [-0.2, -0.15) is 0 Å². The number of piperidine rings is 1. The summed E-state index contributed by atoms with van der Waals surface area (Å²) in [6.45, 7) is 10.4. The second-order valence-electron chi connectivity index (χ2n) is 8.54. The van der Waals surface area contributed by atoms with Crippen LogP contribution in [0.1, 0.15) is 40.5 Å². The Morgan fingerprint density at radius 2 is 1.69 bits per heavy atom. The molecule has 2 rings (SSSR count). The second-order valence-corrected chi connectivity index (χ2v) is 9.46. The van der Waals surface area contributed by atoms with Crippen LogP contribution in [0.4, 0.5) is 0 Å². The summed E-state index contributed by atoms with van der Waals surface area (Å²) < 4.78 is 12.2. The smallest absolute Gasteiger partial charge is 0.126 e. The molecule has 0 aromatic heterocycles. The Hall–Kier alpha value is -0.660. The van der Waals surface area contributed by atoms with E-state index in [2.05, 4.69) is 43.6 Å². The molecule has 0 bridgehead atoms. The number of aliphatic hydroxyl groups is 2. The van der Waals surface area contributed by atoms with E-state index in [0.29, 0.717) is 26.4 Å². The highest BCUT2D eigenvalue weighted by Gasteiger charge is 2.49. The minimum absolute atomic E-state index is 0.0765. The minimum Gasteiger partial charge on any atom is -0.491 e. The molecule has 1 heterocycles. The standard InChI is InChI=1S/C20H32BrNO4/c1-19(2)11-16(23)12-20(3,4)22(19)13-17(24)14-25-9-10-26-18-7-5-15(21)6-8-18/h5-8,16-17,23-24H,9-14H2,1-4H3/p+1/t17-/m1/s1. The van der Waals surface area contributed by atoms with Gasteiger partial charge in [0.05, 0.1) is 30.4 Å². The van der Waals surface area contributed by atoms with Crippen molar-refractivity contribution in [2.75, 3.05) is 26.4 Å². The Morgan fingerprint density at radius 1 is 1.12 bits per heavy atom. The summed E-state index contributed by atoms with van der Waals surface area (Å²) in [6.07, 6.45) is 0.695. The van der Waals surface area contributed by atoms with Gasteiger partial charge in [0.15, 0.2) is 0 Å². The molecule has 0 spiro atoms. The molecule has 0 unspecified atom stereocenters. The van der Waals surface area contributed by atoms with E-state index in [4.69, 9.17) is 9.47 Å². The molecule has 26 heavy (non-hydrogen) atoms. The summed E-state index contributed by atoms with van der Waals surface area (Å²) >= 11 is 3.39. The summed E-state index contributed by atoms with van der Waals surface area (Å²) in [5.41, 5.74) is -0.153. The van der Waals surface area contributed by atoms with Crippen molar-refractivity contribution in [3.05, 3.63) is 28.7 Å². The van der Waals surface area contributed by atoms with Crippen LogP contribution in [-0.4, -0.2) is 59.9 Å². The lowest BCUT2D eigenvalue weighted by Crippen LogP contribution is -3.27. The van der Waals surface area contributed by atoms with Crippen LogP contribution in [0.5, 0.6) is 5.75 Å². The summed E-state index contributed by atoms with van der Waals surface area (Å²) in [5, 5.41) is 20.5. The first kappa shape index (κ1) is 21.6. The van der Waals surface area contributed by atoms with Crippen molar-refractivity contribution in [1.29, 1.82) is 0 Å². The van der Waals surface area contributed by atoms with Gasteiger partial charge in [-0.3, -0.25) is 0 Å². The van der Waals surface area contributed by atoms with Crippen molar-refractivity contribution in [2.45, 2.75) is 63.8 Å². The molecular weight excluding hydrogens is 398 g/mol. The van der Waals surface area contributed by atoms with Gasteiger partial charge in [-0.1, -0.05) is 15.9 Å². The molecule has 0 radical (unpaired) electrons. The van der Waals surface area contributed by atoms with Gasteiger partial charge in [0.25, 0.3) is 0 Å². The molecule has 0 saturated carbocycles. The van der Waals surface area contributed by atoms with Gasteiger partial charge in [-0.25, -0.2) is 0 Å². The van der Waals surface area contributed by atoms with Crippen molar-refractivity contribution in [1.82, 2.24) is 0 Å². The Balaban J connectivity index is 1.72. The van der Waals surface area contributed by atoms with E-state index in [1.807, 2.05) is 24.3 Å². The van der Waals surface area contributed by atoms with Gasteiger partial charge in [-0.05, 0) is 52.0 Å². The van der Waals surface area contributed by atoms with Gasteiger partial charge in [0, 0.05) is 17.3 Å². The molecule has 1 saturated heterocycles. The van der Waals surface area contributed by atoms with Gasteiger partial charge < -0.3 is 24.6 Å². The normalized spacial score (nSPS) is 25.7. The number of nitrogens with one attached hydrogen (secondary N) is 1. The average Bonchev–Trinajstić information content (AvgIpc) is 2.51. The van der Waals surface area contributed by atoms with E-state index >= 15 is 0 Å². The van der Waals surface area contributed by atoms with Crippen LogP contribution in [-0.2, 0) is 4.74 Å². The molecule has 6 heteroatoms. The van der Waals surface area contributed by atoms with Gasteiger partial charge in [0.2, 0.25) is 0 Å². The number of benzene rings is 1. The van der Waals surface area contributed by atoms with Crippen LogP contribution in [0, 0.1) is 0 Å². The third-order valence-corrected chi connectivity index (χ3v) is 5.71. The van der Waals surface area contributed by atoms with Gasteiger partial charge in [0.1, 0.15) is 25.0 Å². The van der Waals surface area contributed by atoms with Crippen LogP contribution in [0.15, 0.2) is 28.7 Å². The average molecular weight is 431 g/mol. The first-order valence-electron chi connectivity index (χ1n) is 9.29. The molecule has 1 fully saturated rings. The predicted molar refractivity (Wildman–Crippen MR) is 106 cm³/mol. The van der Waals surface area contributed by atoms with Crippen molar-refractivity contribution in [3.8, 4) is 5.75 Å². The first-order chi connectivity index (χ1) is 12.1. The lowest BCUT2D eigenvalue weighted by atomic mass is 9.78. The van der Waals surface area contributed by atoms with Gasteiger partial charge in [-0.15, -0.1) is 0 Å². The Labute approximate surface area is 165 Å². The molecule has 1 aromatic rings. The summed E-state index contributed by atoms with van der Waals surface area (Å²) in [5.74, 6) is 0.803. The lowest BCUT2D eigenvalue weighted by molar-refractivity contribution is -1.00. The molecule has 0 aliphatic carbocycles. The molecule has 1 aliphatic heterocycles. The highest BCUT2D eigenvalue weighted by Crippen LogP contribution is 2.23. The van der Waals surface area contributed by atoms with E-state index in [1.54, 1.807) is 0 Å². The zero-order valence-electron chi connectivity index (χ0n) is 16.3. The highest BCUT2D eigenvalue weighted by molar-refractivity contribution is 9.10. The van der Waals surface area contributed by atoms with E-state index in [0.717, 1.165) is 23.1 Å². The fourth-order valence-corrected chi connectivity index (χ4v) is 4.49. The maximum atomic E-state index is 10.4. The molecule has 3 N–H and O–H groups in total. The lowest BCUT2D eigenvalue weighted by Gasteiger charge is -2.51. The summed E-state index contributed by atoms with van der Waals surface area (Å²) in [4.78, 5) is 1.32. The number of halogens is 1. The number of hydrogen-bond acceptors (Lipinski definition) is 4. The third-order valence-electron chi connectivity index (χ3n) is 5.19. The minimum atomic E-state index is -0.536. The van der Waals surface area contributed by atoms with E-state index in [-0.39, 0.29) is 17.2 Å². The zero-order chi connectivity index (χ0) is 19.4. The Kier molecular flexibility index (Phi) is 7.51. The van der Waals surface area contributed by atoms with Crippen molar-refractivity contribution < 1.29 is 24.6 Å². The van der Waals surface area contributed by atoms with Crippen LogP contribution in [0.3, 0.4) is 0 Å². The molecule has 1 aromatic carbocycles. The molecular formula is C20H33BrNO4+. The zero-order valence-corrected chi connectivity index (χ0v) is 17.9. The van der Waals surface area contributed by atoms with Crippen LogP contribution >= 0.6 is 15.9 Å².